The number of rotatable bonds is 6. The van der Waals surface area contributed by atoms with Crippen molar-refractivity contribution in [2.45, 2.75) is 26.7 Å². The molecule has 1 aromatic carbocycles. The van der Waals surface area contributed by atoms with Crippen LogP contribution in [0.1, 0.15) is 25.8 Å². The van der Waals surface area contributed by atoms with Gasteiger partial charge in [0.2, 0.25) is 0 Å². The van der Waals surface area contributed by atoms with Gasteiger partial charge in [0.25, 0.3) is 0 Å². The molecule has 0 unspecified atom stereocenters. The maximum atomic E-state index is 2.55. The van der Waals surface area contributed by atoms with Crippen LogP contribution in [0.15, 0.2) is 29.2 Å². The number of hydrogen-bond donors (Lipinski definition) is 0. The first kappa shape index (κ1) is 12.9. The number of fused-ring (bicyclic) bond motifs is 1. The second-order valence-electron chi connectivity index (χ2n) is 4.44. The Morgan fingerprint density at radius 3 is 2.71 bits per heavy atom. The van der Waals surface area contributed by atoms with Crippen LogP contribution < -0.4 is 0 Å². The van der Waals surface area contributed by atoms with E-state index < -0.39 is 0 Å². The van der Waals surface area contributed by atoms with E-state index in [0.29, 0.717) is 14.5 Å². The number of benzene rings is 1. The van der Waals surface area contributed by atoms with E-state index in [4.69, 9.17) is 0 Å². The minimum absolute atomic E-state index is 0.577. The van der Waals surface area contributed by atoms with Crippen LogP contribution in [0.3, 0.4) is 0 Å². The van der Waals surface area contributed by atoms with Crippen LogP contribution in [0.25, 0.3) is 9.65 Å². The zero-order valence-electron chi connectivity index (χ0n) is 10.8. The molecule has 0 saturated heterocycles. The number of hydrogen-bond acceptors (Lipinski definition) is 1. The quantitative estimate of drug-likeness (QED) is 0.740. The summed E-state index contributed by atoms with van der Waals surface area (Å²) in [6.45, 7) is 8.14. The van der Waals surface area contributed by atoms with Gasteiger partial charge in [-0.05, 0) is 0 Å². The monoisotopic (exact) mass is 295 g/mol. The molecule has 0 radical (unpaired) electrons. The molecule has 92 valence electrons. The molecule has 2 aromatic rings. The molecule has 1 heterocycles. The Hall–Kier alpha value is -0.561. The van der Waals surface area contributed by atoms with Crippen LogP contribution in [0.5, 0.6) is 0 Å². The van der Waals surface area contributed by atoms with Gasteiger partial charge in [0, 0.05) is 0 Å². The molecule has 0 aliphatic rings. The van der Waals surface area contributed by atoms with Crippen LogP contribution in [0.4, 0.5) is 0 Å². The Balaban J connectivity index is 2.03. The van der Waals surface area contributed by atoms with E-state index in [-0.39, 0.29) is 0 Å². The van der Waals surface area contributed by atoms with Gasteiger partial charge in [-0.15, -0.1) is 0 Å². The van der Waals surface area contributed by atoms with Crippen molar-refractivity contribution in [2.24, 2.45) is 0 Å². The molecule has 0 amide bonds. The molecule has 0 bridgehead atoms. The molecule has 0 atom stereocenters. The van der Waals surface area contributed by atoms with E-state index in [1.165, 1.54) is 37.9 Å². The second-order valence-corrected chi connectivity index (χ2v) is 6.35. The molecule has 1 nitrogen and oxygen atoms in total. The maximum absolute atomic E-state index is 2.55. The Morgan fingerprint density at radius 2 is 1.94 bits per heavy atom. The SMILES string of the molecule is CCCN(CC)CCc1c[se]c2ccccc12. The minimum atomic E-state index is 0.577. The van der Waals surface area contributed by atoms with Gasteiger partial charge in [-0.1, -0.05) is 0 Å². The third kappa shape index (κ3) is 3.22. The Labute approximate surface area is 110 Å². The summed E-state index contributed by atoms with van der Waals surface area (Å²) in [5.74, 6) is 0. The van der Waals surface area contributed by atoms with Crippen molar-refractivity contribution < 1.29 is 0 Å². The van der Waals surface area contributed by atoms with Crippen LogP contribution in [-0.2, 0) is 6.42 Å². The first-order chi connectivity index (χ1) is 8.35. The van der Waals surface area contributed by atoms with E-state index in [2.05, 4.69) is 48.0 Å². The van der Waals surface area contributed by atoms with Crippen molar-refractivity contribution in [1.82, 2.24) is 4.90 Å². The predicted octanol–water partition coefficient (Wildman–Crippen LogP) is 3.17. The molecule has 0 aliphatic heterocycles. The zero-order valence-corrected chi connectivity index (χ0v) is 12.5. The molecular weight excluding hydrogens is 273 g/mol. The molecular formula is C15H21NSe. The summed E-state index contributed by atoms with van der Waals surface area (Å²) in [5, 5.41) is 1.51. The fourth-order valence-electron chi connectivity index (χ4n) is 2.25. The molecule has 2 rings (SSSR count). The van der Waals surface area contributed by atoms with E-state index >= 15 is 0 Å². The fraction of sp³-hybridized carbons (Fsp3) is 0.467. The molecule has 0 spiro atoms. The van der Waals surface area contributed by atoms with E-state index in [1.807, 2.05) is 0 Å². The summed E-state index contributed by atoms with van der Waals surface area (Å²) in [6.07, 6.45) is 2.47. The summed E-state index contributed by atoms with van der Waals surface area (Å²) in [4.78, 5) is 5.02. The van der Waals surface area contributed by atoms with Gasteiger partial charge in [-0.2, -0.15) is 0 Å². The molecule has 0 N–H and O–H groups in total. The summed E-state index contributed by atoms with van der Waals surface area (Å²) >= 11 is 0.577. The molecule has 17 heavy (non-hydrogen) atoms. The van der Waals surface area contributed by atoms with E-state index in [9.17, 15) is 0 Å². The predicted molar refractivity (Wildman–Crippen MR) is 77.0 cm³/mol. The summed E-state index contributed by atoms with van der Waals surface area (Å²) in [7, 11) is 0. The van der Waals surface area contributed by atoms with Crippen LogP contribution in [0, 0.1) is 0 Å². The fourth-order valence-corrected chi connectivity index (χ4v) is 4.34. The van der Waals surface area contributed by atoms with Gasteiger partial charge < -0.3 is 0 Å². The van der Waals surface area contributed by atoms with Crippen molar-refractivity contribution in [3.05, 3.63) is 34.8 Å². The second kappa shape index (κ2) is 6.39. The number of nitrogens with zero attached hydrogens (tertiary/aromatic N) is 1. The van der Waals surface area contributed by atoms with Crippen LogP contribution in [-0.4, -0.2) is 39.0 Å². The normalized spacial score (nSPS) is 11.5. The molecule has 0 aliphatic carbocycles. The average molecular weight is 294 g/mol. The Kier molecular flexibility index (Phi) is 4.85. The van der Waals surface area contributed by atoms with E-state index in [1.54, 1.807) is 9.82 Å². The summed E-state index contributed by atoms with van der Waals surface area (Å²) in [5.41, 5.74) is 1.58. The number of likely N-dealkylation sites (N-methyl/N-ethyl adjacent to an activating group) is 1. The van der Waals surface area contributed by atoms with Gasteiger partial charge in [-0.25, -0.2) is 0 Å². The molecule has 0 saturated carbocycles. The van der Waals surface area contributed by atoms with Crippen LogP contribution in [0.2, 0.25) is 0 Å². The van der Waals surface area contributed by atoms with Gasteiger partial charge in [0.1, 0.15) is 0 Å². The summed E-state index contributed by atoms with van der Waals surface area (Å²) < 4.78 is 1.56. The summed E-state index contributed by atoms with van der Waals surface area (Å²) in [6, 6.07) is 8.89. The molecule has 0 fully saturated rings. The van der Waals surface area contributed by atoms with Gasteiger partial charge in [-0.3, -0.25) is 0 Å². The van der Waals surface area contributed by atoms with Crippen molar-refractivity contribution in [2.75, 3.05) is 19.6 Å². The first-order valence-corrected chi connectivity index (χ1v) is 8.37. The zero-order chi connectivity index (χ0) is 12.1. The van der Waals surface area contributed by atoms with Gasteiger partial charge in [0.05, 0.1) is 0 Å². The van der Waals surface area contributed by atoms with Gasteiger partial charge in [0.15, 0.2) is 0 Å². The third-order valence-electron chi connectivity index (χ3n) is 3.25. The van der Waals surface area contributed by atoms with Crippen molar-refractivity contribution in [3.8, 4) is 0 Å². The molecule has 1 aromatic heterocycles. The average Bonchev–Trinajstić information content (AvgIpc) is 2.78. The van der Waals surface area contributed by atoms with Gasteiger partial charge >= 0.3 is 110 Å². The Morgan fingerprint density at radius 1 is 1.12 bits per heavy atom. The molecule has 2 heteroatoms. The van der Waals surface area contributed by atoms with Crippen LogP contribution >= 0.6 is 0 Å². The van der Waals surface area contributed by atoms with Crippen molar-refractivity contribution in [3.63, 3.8) is 0 Å². The van der Waals surface area contributed by atoms with Crippen molar-refractivity contribution >= 4 is 24.1 Å². The first-order valence-electron chi connectivity index (χ1n) is 6.52. The van der Waals surface area contributed by atoms with Crippen molar-refractivity contribution in [1.29, 1.82) is 0 Å². The standard InChI is InChI=1S/C15H21NSe/c1-3-10-16(4-2)11-9-13-12-17-15-8-6-5-7-14(13)15/h5-8,12H,3-4,9-11H2,1-2H3. The topological polar surface area (TPSA) is 3.24 Å². The Bertz CT molecular complexity index is 461. The van der Waals surface area contributed by atoms with E-state index in [0.717, 1.165) is 0 Å². The third-order valence-corrected chi connectivity index (χ3v) is 5.37.